The summed E-state index contributed by atoms with van der Waals surface area (Å²) in [5, 5.41) is 9.59. The number of hydrogen-bond donors (Lipinski definition) is 1. The van der Waals surface area contributed by atoms with Crippen molar-refractivity contribution in [2.24, 2.45) is 11.8 Å². The van der Waals surface area contributed by atoms with Gasteiger partial charge in [0.15, 0.2) is 0 Å². The van der Waals surface area contributed by atoms with Crippen molar-refractivity contribution >= 4 is 5.97 Å². The molecule has 0 amide bonds. The summed E-state index contributed by atoms with van der Waals surface area (Å²) in [5.74, 6) is 0.352. The molecule has 3 atom stereocenters. The van der Waals surface area contributed by atoms with Crippen LogP contribution in [0.15, 0.2) is 0 Å². The quantitative estimate of drug-likeness (QED) is 0.820. The average molecular weight is 239 g/mol. The molecule has 0 bridgehead atoms. The summed E-state index contributed by atoms with van der Waals surface area (Å²) in [6, 6.07) is 0.449. The van der Waals surface area contributed by atoms with Crippen LogP contribution < -0.4 is 0 Å². The molecule has 2 fully saturated rings. The van der Waals surface area contributed by atoms with Crippen molar-refractivity contribution < 1.29 is 9.90 Å². The third kappa shape index (κ3) is 2.22. The Labute approximate surface area is 104 Å². The van der Waals surface area contributed by atoms with Gasteiger partial charge in [0.1, 0.15) is 5.54 Å². The van der Waals surface area contributed by atoms with Crippen LogP contribution in [0.1, 0.15) is 52.4 Å². The standard InChI is InChI=1S/C14H25NO2/c1-10-6-4-5-7-12(10)15(3)14(2,13(16)17)11-8-9-11/h10-12H,4-9H2,1-3H3,(H,16,17). The number of carboxylic acids is 1. The maximum atomic E-state index is 11.7. The Morgan fingerprint density at radius 3 is 2.29 bits per heavy atom. The number of likely N-dealkylation sites (N-methyl/N-ethyl adjacent to an activating group) is 1. The van der Waals surface area contributed by atoms with Crippen molar-refractivity contribution in [1.82, 2.24) is 4.90 Å². The van der Waals surface area contributed by atoms with Crippen LogP contribution in [-0.2, 0) is 4.79 Å². The molecule has 0 aromatic rings. The largest absolute Gasteiger partial charge is 0.480 e. The summed E-state index contributed by atoms with van der Waals surface area (Å²) in [6.45, 7) is 4.20. The molecule has 2 saturated carbocycles. The lowest BCUT2D eigenvalue weighted by atomic mass is 9.81. The van der Waals surface area contributed by atoms with Gasteiger partial charge in [-0.3, -0.25) is 9.69 Å². The molecule has 2 aliphatic rings. The molecule has 3 nitrogen and oxygen atoms in total. The highest BCUT2D eigenvalue weighted by molar-refractivity contribution is 5.79. The molecule has 1 N–H and O–H groups in total. The molecule has 98 valence electrons. The SMILES string of the molecule is CC1CCCCC1N(C)C(C)(C(=O)O)C1CC1. The molecular formula is C14H25NO2. The van der Waals surface area contributed by atoms with Gasteiger partial charge in [0.25, 0.3) is 0 Å². The Kier molecular flexibility index (Phi) is 3.48. The number of carboxylic acid groups (broad SMARTS) is 1. The number of nitrogens with zero attached hydrogens (tertiary/aromatic N) is 1. The predicted molar refractivity (Wildman–Crippen MR) is 67.9 cm³/mol. The lowest BCUT2D eigenvalue weighted by Crippen LogP contribution is -2.58. The van der Waals surface area contributed by atoms with E-state index in [9.17, 15) is 9.90 Å². The van der Waals surface area contributed by atoms with Crippen molar-refractivity contribution in [1.29, 1.82) is 0 Å². The fourth-order valence-corrected chi connectivity index (χ4v) is 3.48. The van der Waals surface area contributed by atoms with Crippen molar-refractivity contribution in [2.75, 3.05) is 7.05 Å². The van der Waals surface area contributed by atoms with Gasteiger partial charge < -0.3 is 5.11 Å². The Bertz CT molecular complexity index is 301. The van der Waals surface area contributed by atoms with Crippen LogP contribution in [0.2, 0.25) is 0 Å². The minimum atomic E-state index is -0.643. The molecule has 0 aromatic carbocycles. The second kappa shape index (κ2) is 4.60. The smallest absolute Gasteiger partial charge is 0.324 e. The minimum Gasteiger partial charge on any atom is -0.480 e. The van der Waals surface area contributed by atoms with E-state index < -0.39 is 11.5 Å². The molecule has 0 aromatic heterocycles. The van der Waals surface area contributed by atoms with Crippen molar-refractivity contribution in [2.45, 2.75) is 64.0 Å². The summed E-state index contributed by atoms with van der Waals surface area (Å²) in [5.41, 5.74) is -0.643. The van der Waals surface area contributed by atoms with Gasteiger partial charge in [0.05, 0.1) is 0 Å². The van der Waals surface area contributed by atoms with Crippen LogP contribution in [0.25, 0.3) is 0 Å². The topological polar surface area (TPSA) is 40.5 Å². The van der Waals surface area contributed by atoms with Crippen LogP contribution in [0.4, 0.5) is 0 Å². The molecule has 2 aliphatic carbocycles. The number of carbonyl (C=O) groups is 1. The van der Waals surface area contributed by atoms with Crippen LogP contribution in [0, 0.1) is 11.8 Å². The minimum absolute atomic E-state index is 0.360. The van der Waals surface area contributed by atoms with E-state index in [1.54, 1.807) is 0 Å². The number of aliphatic carboxylic acids is 1. The van der Waals surface area contributed by atoms with Gasteiger partial charge in [0, 0.05) is 6.04 Å². The first kappa shape index (κ1) is 12.9. The Morgan fingerprint density at radius 1 is 1.24 bits per heavy atom. The van der Waals surface area contributed by atoms with E-state index in [2.05, 4.69) is 11.8 Å². The fraction of sp³-hybridized carbons (Fsp3) is 0.929. The Morgan fingerprint density at radius 2 is 1.82 bits per heavy atom. The lowest BCUT2D eigenvalue weighted by molar-refractivity contribution is -0.154. The van der Waals surface area contributed by atoms with Crippen LogP contribution in [0.3, 0.4) is 0 Å². The van der Waals surface area contributed by atoms with Gasteiger partial charge in [-0.05, 0) is 51.5 Å². The summed E-state index contributed by atoms with van der Waals surface area (Å²) in [7, 11) is 2.03. The van der Waals surface area contributed by atoms with Gasteiger partial charge >= 0.3 is 5.97 Å². The third-order valence-electron chi connectivity index (χ3n) is 5.10. The molecule has 0 saturated heterocycles. The maximum Gasteiger partial charge on any atom is 0.324 e. The van der Waals surface area contributed by atoms with Gasteiger partial charge in [0.2, 0.25) is 0 Å². The van der Waals surface area contributed by atoms with Crippen LogP contribution in [-0.4, -0.2) is 34.6 Å². The Balaban J connectivity index is 2.15. The highest BCUT2D eigenvalue weighted by Gasteiger charge is 2.52. The van der Waals surface area contributed by atoms with E-state index in [1.807, 2.05) is 14.0 Å². The van der Waals surface area contributed by atoms with E-state index >= 15 is 0 Å². The molecule has 17 heavy (non-hydrogen) atoms. The van der Waals surface area contributed by atoms with Crippen LogP contribution in [0.5, 0.6) is 0 Å². The molecule has 3 heteroatoms. The molecule has 0 heterocycles. The maximum absolute atomic E-state index is 11.7. The van der Waals surface area contributed by atoms with Gasteiger partial charge in [-0.25, -0.2) is 0 Å². The lowest BCUT2D eigenvalue weighted by Gasteiger charge is -2.45. The predicted octanol–water partition coefficient (Wildman–Crippen LogP) is 2.75. The normalized spacial score (nSPS) is 33.4. The van der Waals surface area contributed by atoms with E-state index in [1.165, 1.54) is 19.3 Å². The monoisotopic (exact) mass is 239 g/mol. The van der Waals surface area contributed by atoms with E-state index in [0.29, 0.717) is 17.9 Å². The van der Waals surface area contributed by atoms with Crippen molar-refractivity contribution in [3.63, 3.8) is 0 Å². The highest BCUT2D eigenvalue weighted by atomic mass is 16.4. The fourth-order valence-electron chi connectivity index (χ4n) is 3.48. The second-order valence-electron chi connectivity index (χ2n) is 6.17. The molecular weight excluding hydrogens is 214 g/mol. The van der Waals surface area contributed by atoms with Gasteiger partial charge in [-0.2, -0.15) is 0 Å². The Hall–Kier alpha value is -0.570. The zero-order valence-corrected chi connectivity index (χ0v) is 11.3. The number of rotatable bonds is 4. The first-order valence-corrected chi connectivity index (χ1v) is 6.94. The summed E-state index contributed by atoms with van der Waals surface area (Å²) >= 11 is 0. The van der Waals surface area contributed by atoms with Crippen molar-refractivity contribution in [3.05, 3.63) is 0 Å². The number of hydrogen-bond acceptors (Lipinski definition) is 2. The first-order valence-electron chi connectivity index (χ1n) is 6.94. The molecule has 0 aliphatic heterocycles. The van der Waals surface area contributed by atoms with E-state index in [4.69, 9.17) is 0 Å². The zero-order valence-electron chi connectivity index (χ0n) is 11.3. The molecule has 0 spiro atoms. The third-order valence-corrected chi connectivity index (χ3v) is 5.10. The van der Waals surface area contributed by atoms with Crippen molar-refractivity contribution in [3.8, 4) is 0 Å². The van der Waals surface area contributed by atoms with Gasteiger partial charge in [-0.1, -0.05) is 19.8 Å². The molecule has 2 rings (SSSR count). The molecule has 3 unspecified atom stereocenters. The average Bonchev–Trinajstić information content (AvgIpc) is 3.11. The first-order chi connectivity index (χ1) is 7.98. The highest BCUT2D eigenvalue weighted by Crippen LogP contribution is 2.45. The van der Waals surface area contributed by atoms with Crippen LogP contribution >= 0.6 is 0 Å². The van der Waals surface area contributed by atoms with Gasteiger partial charge in [-0.15, -0.1) is 0 Å². The summed E-state index contributed by atoms with van der Waals surface area (Å²) in [6.07, 6.45) is 7.11. The summed E-state index contributed by atoms with van der Waals surface area (Å²) in [4.78, 5) is 13.8. The zero-order chi connectivity index (χ0) is 12.6. The summed E-state index contributed by atoms with van der Waals surface area (Å²) < 4.78 is 0. The van der Waals surface area contributed by atoms with E-state index in [0.717, 1.165) is 19.3 Å². The van der Waals surface area contributed by atoms with E-state index in [-0.39, 0.29) is 0 Å². The molecule has 0 radical (unpaired) electrons. The second-order valence-corrected chi connectivity index (χ2v) is 6.17.